The van der Waals surface area contributed by atoms with E-state index in [0.29, 0.717) is 6.79 Å². The van der Waals surface area contributed by atoms with E-state index in [-0.39, 0.29) is 5.25 Å². The lowest BCUT2D eigenvalue weighted by Crippen LogP contribution is -2.16. The molecule has 1 aliphatic heterocycles. The second-order valence-electron chi connectivity index (χ2n) is 6.05. The van der Waals surface area contributed by atoms with Gasteiger partial charge in [0.2, 0.25) is 6.79 Å². The van der Waals surface area contributed by atoms with Crippen molar-refractivity contribution in [2.45, 2.75) is 64.0 Å². The fraction of sp³-hybridized carbons (Fsp3) is 0.667. The summed E-state index contributed by atoms with van der Waals surface area (Å²) >= 11 is 0. The molecule has 4 heteroatoms. The van der Waals surface area contributed by atoms with Crippen LogP contribution in [0.2, 0.25) is 0 Å². The molecule has 0 radical (unpaired) electrons. The smallest absolute Gasteiger partial charge is 0.231 e. The molecule has 0 fully saturated rings. The Morgan fingerprint density at radius 1 is 1.09 bits per heavy atom. The molecule has 2 rings (SSSR count). The second kappa shape index (κ2) is 9.19. The summed E-state index contributed by atoms with van der Waals surface area (Å²) < 4.78 is 23.0. The van der Waals surface area contributed by atoms with Crippen molar-refractivity contribution in [1.82, 2.24) is 0 Å². The Morgan fingerprint density at radius 2 is 1.82 bits per heavy atom. The van der Waals surface area contributed by atoms with Gasteiger partial charge >= 0.3 is 0 Å². The largest absolute Gasteiger partial charge is 0.454 e. The number of unbranched alkanes of at least 4 members (excludes halogenated alkanes) is 5. The predicted molar refractivity (Wildman–Crippen MR) is 92.1 cm³/mol. The quantitative estimate of drug-likeness (QED) is 0.596. The maximum Gasteiger partial charge on any atom is 0.231 e. The van der Waals surface area contributed by atoms with Gasteiger partial charge in [-0.3, -0.25) is 4.21 Å². The fourth-order valence-electron chi connectivity index (χ4n) is 2.72. The molecule has 0 saturated heterocycles. The molecule has 0 amide bonds. The highest BCUT2D eigenvalue weighted by atomic mass is 32.2. The van der Waals surface area contributed by atoms with Crippen LogP contribution >= 0.6 is 0 Å². The molecule has 0 bridgehead atoms. The number of benzene rings is 1. The van der Waals surface area contributed by atoms with Crippen molar-refractivity contribution < 1.29 is 13.7 Å². The van der Waals surface area contributed by atoms with Gasteiger partial charge < -0.3 is 9.47 Å². The molecular weight excluding hydrogens is 296 g/mol. The van der Waals surface area contributed by atoms with Crippen LogP contribution in [0.1, 0.15) is 57.9 Å². The monoisotopic (exact) mass is 324 g/mol. The summed E-state index contributed by atoms with van der Waals surface area (Å²) in [6.45, 7) is 4.61. The molecule has 1 aromatic carbocycles. The molecule has 1 aromatic rings. The number of hydrogen-bond donors (Lipinski definition) is 0. The third-order valence-electron chi connectivity index (χ3n) is 4.11. The van der Waals surface area contributed by atoms with E-state index in [1.54, 1.807) is 0 Å². The van der Waals surface area contributed by atoms with Crippen LogP contribution in [-0.2, 0) is 17.2 Å². The van der Waals surface area contributed by atoms with Crippen molar-refractivity contribution in [2.24, 2.45) is 0 Å². The van der Waals surface area contributed by atoms with E-state index in [0.717, 1.165) is 30.1 Å². The molecule has 0 spiro atoms. The first-order valence-corrected chi connectivity index (χ1v) is 9.84. The summed E-state index contributed by atoms with van der Waals surface area (Å²) in [7, 11) is -0.743. The minimum Gasteiger partial charge on any atom is -0.454 e. The molecule has 1 aliphatic rings. The maximum atomic E-state index is 12.3. The molecule has 3 nitrogen and oxygen atoms in total. The molecule has 0 aliphatic carbocycles. The van der Waals surface area contributed by atoms with Crippen LogP contribution in [0.15, 0.2) is 18.2 Å². The molecule has 22 heavy (non-hydrogen) atoms. The Balaban J connectivity index is 1.70. The van der Waals surface area contributed by atoms with E-state index in [2.05, 4.69) is 13.8 Å². The first-order valence-electron chi connectivity index (χ1n) is 8.46. The van der Waals surface area contributed by atoms with Crippen LogP contribution in [-0.4, -0.2) is 22.0 Å². The van der Waals surface area contributed by atoms with Gasteiger partial charge in [0, 0.05) is 21.8 Å². The number of fused-ring (bicyclic) bond motifs is 1. The Hall–Kier alpha value is -1.03. The van der Waals surface area contributed by atoms with Crippen LogP contribution in [0.5, 0.6) is 11.5 Å². The minimum atomic E-state index is -0.743. The van der Waals surface area contributed by atoms with Gasteiger partial charge in [-0.15, -0.1) is 0 Å². The molecule has 1 heterocycles. The number of rotatable bonds is 10. The summed E-state index contributed by atoms with van der Waals surface area (Å²) in [5.74, 6) is 2.45. The zero-order chi connectivity index (χ0) is 15.8. The summed E-state index contributed by atoms with van der Waals surface area (Å²) in [6.07, 6.45) is 8.32. The molecule has 0 aromatic heterocycles. The van der Waals surface area contributed by atoms with E-state index in [1.165, 1.54) is 37.7 Å². The third-order valence-corrected chi connectivity index (χ3v) is 5.86. The van der Waals surface area contributed by atoms with Gasteiger partial charge in [0.25, 0.3) is 0 Å². The van der Waals surface area contributed by atoms with E-state index < -0.39 is 10.8 Å². The first kappa shape index (κ1) is 17.3. The maximum absolute atomic E-state index is 12.3. The van der Waals surface area contributed by atoms with Gasteiger partial charge in [-0.25, -0.2) is 0 Å². The van der Waals surface area contributed by atoms with Gasteiger partial charge in [0.15, 0.2) is 11.5 Å². The van der Waals surface area contributed by atoms with Crippen molar-refractivity contribution >= 4 is 10.8 Å². The lowest BCUT2D eigenvalue weighted by atomic mass is 10.1. The van der Waals surface area contributed by atoms with Crippen molar-refractivity contribution in [1.29, 1.82) is 0 Å². The predicted octanol–water partition coefficient (Wildman–Crippen LogP) is 4.46. The van der Waals surface area contributed by atoms with Crippen LogP contribution in [0.4, 0.5) is 0 Å². The summed E-state index contributed by atoms with van der Waals surface area (Å²) in [6, 6.07) is 6.01. The van der Waals surface area contributed by atoms with Crippen molar-refractivity contribution in [3.63, 3.8) is 0 Å². The number of ether oxygens (including phenoxy) is 2. The SMILES string of the molecule is CCCCCCCC[S@@](=O)[C@@H](C)Cc1ccc2c(c1)OCO2. The number of hydrogen-bond acceptors (Lipinski definition) is 3. The third kappa shape index (κ3) is 5.31. The Kier molecular flexibility index (Phi) is 7.23. The van der Waals surface area contributed by atoms with Gasteiger partial charge in [0.05, 0.1) is 0 Å². The molecular formula is C18H28O3S. The van der Waals surface area contributed by atoms with E-state index in [4.69, 9.17) is 9.47 Å². The fourth-order valence-corrected chi connectivity index (χ4v) is 3.99. The Bertz CT molecular complexity index is 487. The Morgan fingerprint density at radius 3 is 2.64 bits per heavy atom. The average molecular weight is 324 g/mol. The average Bonchev–Trinajstić information content (AvgIpc) is 2.98. The summed E-state index contributed by atoms with van der Waals surface area (Å²) in [4.78, 5) is 0. The van der Waals surface area contributed by atoms with Crippen molar-refractivity contribution in [2.75, 3.05) is 12.5 Å². The lowest BCUT2D eigenvalue weighted by molar-refractivity contribution is 0.174. The van der Waals surface area contributed by atoms with Crippen molar-refractivity contribution in [3.8, 4) is 11.5 Å². The van der Waals surface area contributed by atoms with E-state index in [9.17, 15) is 4.21 Å². The zero-order valence-corrected chi connectivity index (χ0v) is 14.6. The highest BCUT2D eigenvalue weighted by Gasteiger charge is 2.16. The van der Waals surface area contributed by atoms with Gasteiger partial charge in [-0.05, 0) is 30.5 Å². The van der Waals surface area contributed by atoms with Crippen LogP contribution in [0.25, 0.3) is 0 Å². The van der Waals surface area contributed by atoms with Gasteiger partial charge in [0.1, 0.15) is 0 Å². The second-order valence-corrected chi connectivity index (χ2v) is 8.03. The zero-order valence-electron chi connectivity index (χ0n) is 13.8. The highest BCUT2D eigenvalue weighted by molar-refractivity contribution is 7.85. The normalized spacial score (nSPS) is 15.7. The Labute approximate surface area is 136 Å². The summed E-state index contributed by atoms with van der Waals surface area (Å²) in [5.41, 5.74) is 1.17. The lowest BCUT2D eigenvalue weighted by Gasteiger charge is -2.12. The highest BCUT2D eigenvalue weighted by Crippen LogP contribution is 2.33. The topological polar surface area (TPSA) is 35.5 Å². The standard InChI is InChI=1S/C18H28O3S/c1-3-4-5-6-7-8-11-22(19)15(2)12-16-9-10-17-18(13-16)21-14-20-17/h9-10,13,15H,3-8,11-12,14H2,1-2H3/t15-,22+/m0/s1. The minimum absolute atomic E-state index is 0.191. The van der Waals surface area contributed by atoms with Gasteiger partial charge in [-0.1, -0.05) is 52.0 Å². The molecule has 2 atom stereocenters. The van der Waals surface area contributed by atoms with Crippen LogP contribution in [0, 0.1) is 0 Å². The van der Waals surface area contributed by atoms with E-state index >= 15 is 0 Å². The van der Waals surface area contributed by atoms with Crippen LogP contribution < -0.4 is 9.47 Å². The van der Waals surface area contributed by atoms with E-state index in [1.807, 2.05) is 18.2 Å². The van der Waals surface area contributed by atoms with Crippen LogP contribution in [0.3, 0.4) is 0 Å². The van der Waals surface area contributed by atoms with Crippen molar-refractivity contribution in [3.05, 3.63) is 23.8 Å². The molecule has 124 valence electrons. The molecule has 0 unspecified atom stereocenters. The first-order chi connectivity index (χ1) is 10.7. The molecule has 0 saturated carbocycles. The summed E-state index contributed by atoms with van der Waals surface area (Å²) in [5, 5.41) is 0.191. The molecule has 0 N–H and O–H groups in total. The van der Waals surface area contributed by atoms with Gasteiger partial charge in [-0.2, -0.15) is 0 Å².